The third kappa shape index (κ3) is 5.17. The standard InChI is InChI=1S/C23H27N3O5S/c1-6-30-19-10-8-18(9-11-19)23-25-21(16(3)31-23)14-26(5)32(28,29)22-13-15(2)7-12-20(22)24-17(4)27/h7-13H,6,14H2,1-5H3,(H,24,27). The van der Waals surface area contributed by atoms with Gasteiger partial charge < -0.3 is 14.5 Å². The Morgan fingerprint density at radius 1 is 1.16 bits per heavy atom. The number of carbonyl (C=O) groups is 1. The SMILES string of the molecule is CCOc1ccc(-c2nc(CN(C)S(=O)(=O)c3cc(C)ccc3NC(C)=O)c(C)o2)cc1. The molecular weight excluding hydrogens is 430 g/mol. The number of aromatic nitrogens is 1. The highest BCUT2D eigenvalue weighted by molar-refractivity contribution is 7.89. The summed E-state index contributed by atoms with van der Waals surface area (Å²) in [4.78, 5) is 16.1. The van der Waals surface area contributed by atoms with Gasteiger partial charge in [-0.1, -0.05) is 6.07 Å². The van der Waals surface area contributed by atoms with Crippen molar-refractivity contribution in [2.75, 3.05) is 19.0 Å². The maximum atomic E-state index is 13.3. The third-order valence-corrected chi connectivity index (χ3v) is 6.66. The van der Waals surface area contributed by atoms with Crippen molar-refractivity contribution in [1.82, 2.24) is 9.29 Å². The molecule has 1 amide bonds. The number of ether oxygens (including phenoxy) is 1. The molecule has 0 unspecified atom stereocenters. The van der Waals surface area contributed by atoms with E-state index in [0.717, 1.165) is 16.9 Å². The lowest BCUT2D eigenvalue weighted by Crippen LogP contribution is -2.28. The molecular formula is C23H27N3O5S. The minimum absolute atomic E-state index is 0.0160. The van der Waals surface area contributed by atoms with Gasteiger partial charge in [0.25, 0.3) is 0 Å². The topological polar surface area (TPSA) is 102 Å². The predicted octanol–water partition coefficient (Wildman–Crippen LogP) is 4.14. The van der Waals surface area contributed by atoms with Crippen LogP contribution in [0.4, 0.5) is 5.69 Å². The van der Waals surface area contributed by atoms with Crippen LogP contribution in [0.5, 0.6) is 5.75 Å². The first kappa shape index (κ1) is 23.5. The van der Waals surface area contributed by atoms with Crippen LogP contribution in [0.2, 0.25) is 0 Å². The summed E-state index contributed by atoms with van der Waals surface area (Å²) in [6, 6.07) is 12.2. The number of amides is 1. The number of benzene rings is 2. The van der Waals surface area contributed by atoms with Crippen molar-refractivity contribution in [1.29, 1.82) is 0 Å². The summed E-state index contributed by atoms with van der Waals surface area (Å²) in [5.74, 6) is 1.34. The molecule has 0 bridgehead atoms. The number of nitrogens with one attached hydrogen (secondary N) is 1. The van der Waals surface area contributed by atoms with Crippen molar-refractivity contribution in [2.24, 2.45) is 0 Å². The highest BCUT2D eigenvalue weighted by Gasteiger charge is 2.26. The molecule has 0 radical (unpaired) electrons. The number of anilines is 1. The molecule has 3 aromatic rings. The van der Waals surface area contributed by atoms with Crippen LogP contribution in [-0.4, -0.2) is 37.3 Å². The molecule has 1 heterocycles. The normalized spacial score (nSPS) is 11.6. The molecule has 0 spiro atoms. The second-order valence-corrected chi connectivity index (χ2v) is 9.43. The Hall–Kier alpha value is -3.17. The van der Waals surface area contributed by atoms with E-state index in [0.29, 0.717) is 24.0 Å². The number of sulfonamides is 1. The number of oxazole rings is 1. The average Bonchev–Trinajstić information content (AvgIpc) is 3.10. The molecule has 32 heavy (non-hydrogen) atoms. The highest BCUT2D eigenvalue weighted by Crippen LogP contribution is 2.28. The minimum Gasteiger partial charge on any atom is -0.494 e. The summed E-state index contributed by atoms with van der Waals surface area (Å²) >= 11 is 0. The van der Waals surface area contributed by atoms with E-state index < -0.39 is 10.0 Å². The molecule has 0 aliphatic carbocycles. The summed E-state index contributed by atoms with van der Waals surface area (Å²) in [6.07, 6.45) is 0. The zero-order valence-electron chi connectivity index (χ0n) is 18.8. The molecule has 170 valence electrons. The zero-order chi connectivity index (χ0) is 23.5. The molecule has 0 aliphatic heterocycles. The van der Waals surface area contributed by atoms with Gasteiger partial charge in [-0.25, -0.2) is 13.4 Å². The number of hydrogen-bond acceptors (Lipinski definition) is 6. The third-order valence-electron chi connectivity index (χ3n) is 4.81. The lowest BCUT2D eigenvalue weighted by atomic mass is 10.2. The van der Waals surface area contributed by atoms with Crippen LogP contribution < -0.4 is 10.1 Å². The van der Waals surface area contributed by atoms with Crippen molar-refractivity contribution in [3.63, 3.8) is 0 Å². The predicted molar refractivity (Wildman–Crippen MR) is 122 cm³/mol. The molecule has 0 atom stereocenters. The van der Waals surface area contributed by atoms with E-state index in [1.165, 1.54) is 24.3 Å². The smallest absolute Gasteiger partial charge is 0.245 e. The molecule has 0 saturated carbocycles. The van der Waals surface area contributed by atoms with Crippen molar-refractivity contribution in [3.05, 3.63) is 59.5 Å². The maximum absolute atomic E-state index is 13.3. The molecule has 0 aliphatic rings. The second kappa shape index (κ2) is 9.54. The van der Waals surface area contributed by atoms with Crippen molar-refractivity contribution < 1.29 is 22.4 Å². The number of nitrogens with zero attached hydrogens (tertiary/aromatic N) is 2. The quantitative estimate of drug-likeness (QED) is 0.546. The fourth-order valence-corrected chi connectivity index (χ4v) is 4.52. The van der Waals surface area contributed by atoms with Crippen molar-refractivity contribution in [2.45, 2.75) is 39.1 Å². The summed E-state index contributed by atoms with van der Waals surface area (Å²) in [5, 5.41) is 2.59. The van der Waals surface area contributed by atoms with Gasteiger partial charge in [0, 0.05) is 19.5 Å². The Kier molecular flexibility index (Phi) is 7.00. The van der Waals surface area contributed by atoms with Crippen LogP contribution in [0.1, 0.15) is 30.9 Å². The number of carbonyl (C=O) groups excluding carboxylic acids is 1. The Balaban J connectivity index is 1.86. The lowest BCUT2D eigenvalue weighted by molar-refractivity contribution is -0.114. The van der Waals surface area contributed by atoms with Gasteiger partial charge in [-0.2, -0.15) is 4.31 Å². The lowest BCUT2D eigenvalue weighted by Gasteiger charge is -2.19. The van der Waals surface area contributed by atoms with Crippen LogP contribution in [-0.2, 0) is 21.4 Å². The molecule has 1 aromatic heterocycles. The van der Waals surface area contributed by atoms with Crippen LogP contribution in [0, 0.1) is 13.8 Å². The van der Waals surface area contributed by atoms with E-state index in [-0.39, 0.29) is 23.0 Å². The molecule has 2 aromatic carbocycles. The summed E-state index contributed by atoms with van der Waals surface area (Å²) < 4.78 is 39.0. The first-order chi connectivity index (χ1) is 15.1. The van der Waals surface area contributed by atoms with Gasteiger partial charge in [0.2, 0.25) is 21.8 Å². The molecule has 0 fully saturated rings. The molecule has 3 rings (SSSR count). The highest BCUT2D eigenvalue weighted by atomic mass is 32.2. The van der Waals surface area contributed by atoms with Crippen LogP contribution >= 0.6 is 0 Å². The summed E-state index contributed by atoms with van der Waals surface area (Å²) in [7, 11) is -2.43. The van der Waals surface area contributed by atoms with E-state index in [4.69, 9.17) is 9.15 Å². The fourth-order valence-electron chi connectivity index (χ4n) is 3.16. The molecule has 0 saturated heterocycles. The van der Waals surface area contributed by atoms with E-state index in [2.05, 4.69) is 10.3 Å². The van der Waals surface area contributed by atoms with E-state index in [1.807, 2.05) is 31.2 Å². The Morgan fingerprint density at radius 2 is 1.84 bits per heavy atom. The van der Waals surface area contributed by atoms with Crippen molar-refractivity contribution in [3.8, 4) is 17.2 Å². The Morgan fingerprint density at radius 3 is 2.47 bits per heavy atom. The molecule has 8 nitrogen and oxygen atoms in total. The van der Waals surface area contributed by atoms with Gasteiger partial charge in [-0.05, 0) is 62.7 Å². The van der Waals surface area contributed by atoms with Crippen LogP contribution in [0.3, 0.4) is 0 Å². The minimum atomic E-state index is -3.90. The van der Waals surface area contributed by atoms with Gasteiger partial charge in [0.1, 0.15) is 16.4 Å². The maximum Gasteiger partial charge on any atom is 0.245 e. The summed E-state index contributed by atoms with van der Waals surface area (Å²) in [5.41, 5.74) is 2.28. The Bertz CT molecular complexity index is 1220. The van der Waals surface area contributed by atoms with Crippen molar-refractivity contribution >= 4 is 21.6 Å². The van der Waals surface area contributed by atoms with Gasteiger partial charge in [0.15, 0.2) is 0 Å². The van der Waals surface area contributed by atoms with Gasteiger partial charge in [0.05, 0.1) is 24.5 Å². The zero-order valence-corrected chi connectivity index (χ0v) is 19.6. The number of hydrogen-bond donors (Lipinski definition) is 1. The first-order valence-corrected chi connectivity index (χ1v) is 11.6. The molecule has 1 N–H and O–H groups in total. The Labute approximate surface area is 188 Å². The van der Waals surface area contributed by atoms with Crippen LogP contribution in [0.15, 0.2) is 51.8 Å². The monoisotopic (exact) mass is 457 g/mol. The number of aryl methyl sites for hydroxylation is 2. The van der Waals surface area contributed by atoms with Crippen LogP contribution in [0.25, 0.3) is 11.5 Å². The van der Waals surface area contributed by atoms with E-state index in [1.54, 1.807) is 26.0 Å². The summed E-state index contributed by atoms with van der Waals surface area (Å²) in [6.45, 7) is 7.38. The number of rotatable bonds is 8. The van der Waals surface area contributed by atoms with Gasteiger partial charge >= 0.3 is 0 Å². The average molecular weight is 458 g/mol. The first-order valence-electron chi connectivity index (χ1n) is 10.2. The van der Waals surface area contributed by atoms with Gasteiger partial charge in [-0.15, -0.1) is 0 Å². The largest absolute Gasteiger partial charge is 0.494 e. The van der Waals surface area contributed by atoms with E-state index in [9.17, 15) is 13.2 Å². The van der Waals surface area contributed by atoms with E-state index >= 15 is 0 Å². The second-order valence-electron chi connectivity index (χ2n) is 7.42. The molecule has 9 heteroatoms. The fraction of sp³-hybridized carbons (Fsp3) is 0.304. The van der Waals surface area contributed by atoms with Gasteiger partial charge in [-0.3, -0.25) is 4.79 Å².